The van der Waals surface area contributed by atoms with E-state index in [4.69, 9.17) is 5.10 Å². The van der Waals surface area contributed by atoms with Gasteiger partial charge in [0.25, 0.3) is 0 Å². The lowest BCUT2D eigenvalue weighted by molar-refractivity contribution is 0.281. The zero-order valence-electron chi connectivity index (χ0n) is 17.6. The first kappa shape index (κ1) is 21.6. The van der Waals surface area contributed by atoms with Crippen LogP contribution in [0.4, 0.5) is 17.1 Å². The van der Waals surface area contributed by atoms with Crippen LogP contribution in [0.3, 0.4) is 0 Å². The molecule has 0 unspecified atom stereocenters. The molecule has 0 aliphatic carbocycles. The molecule has 0 atom stereocenters. The summed E-state index contributed by atoms with van der Waals surface area (Å²) in [6, 6.07) is 23.7. The molecule has 0 aliphatic heterocycles. The van der Waals surface area contributed by atoms with Crippen LogP contribution < -0.4 is 9.91 Å². The van der Waals surface area contributed by atoms with Crippen molar-refractivity contribution >= 4 is 23.3 Å². The summed E-state index contributed by atoms with van der Waals surface area (Å²) in [5.41, 5.74) is 5.69. The molecule has 0 radical (unpaired) electrons. The van der Waals surface area contributed by atoms with Gasteiger partial charge in [-0.1, -0.05) is 36.4 Å². The third kappa shape index (κ3) is 5.26. The van der Waals surface area contributed by atoms with Crippen molar-refractivity contribution in [3.05, 3.63) is 89.5 Å². The van der Waals surface area contributed by atoms with Crippen molar-refractivity contribution < 1.29 is 10.2 Å². The van der Waals surface area contributed by atoms with Gasteiger partial charge >= 0.3 is 0 Å². The second-order valence-electron chi connectivity index (χ2n) is 6.97. The third-order valence-electron chi connectivity index (χ3n) is 5.07. The maximum absolute atomic E-state index is 9.32. The Morgan fingerprint density at radius 3 is 1.50 bits per heavy atom. The highest BCUT2D eigenvalue weighted by Gasteiger charge is 2.08. The van der Waals surface area contributed by atoms with Crippen molar-refractivity contribution in [1.29, 1.82) is 0 Å². The van der Waals surface area contributed by atoms with Gasteiger partial charge in [0.05, 0.1) is 30.8 Å². The summed E-state index contributed by atoms with van der Waals surface area (Å²) in [5, 5.41) is 25.2. The van der Waals surface area contributed by atoms with Crippen LogP contribution in [0.25, 0.3) is 0 Å². The zero-order chi connectivity index (χ0) is 21.3. The fraction of sp³-hybridized carbons (Fsp3) is 0.240. The monoisotopic (exact) mass is 403 g/mol. The van der Waals surface area contributed by atoms with Crippen LogP contribution in [0.5, 0.6) is 0 Å². The minimum Gasteiger partial charge on any atom is -0.392 e. The molecule has 0 amide bonds. The van der Waals surface area contributed by atoms with E-state index in [1.807, 2.05) is 59.8 Å². The van der Waals surface area contributed by atoms with E-state index in [1.165, 1.54) is 5.69 Å². The highest BCUT2D eigenvalue weighted by atomic mass is 16.3. The molecule has 156 valence electrons. The average molecular weight is 404 g/mol. The molecule has 0 aromatic heterocycles. The summed E-state index contributed by atoms with van der Waals surface area (Å²) >= 11 is 0. The lowest BCUT2D eigenvalue weighted by atomic mass is 10.2. The summed E-state index contributed by atoms with van der Waals surface area (Å²) in [4.78, 5) is 2.30. The highest BCUT2D eigenvalue weighted by Crippen LogP contribution is 2.27. The van der Waals surface area contributed by atoms with Crippen LogP contribution in [0, 0.1) is 0 Å². The predicted octanol–water partition coefficient (Wildman–Crippen LogP) is 4.69. The first-order valence-corrected chi connectivity index (χ1v) is 10.3. The van der Waals surface area contributed by atoms with E-state index in [0.29, 0.717) is 0 Å². The normalized spacial score (nSPS) is 11.1. The number of rotatable bonds is 9. The van der Waals surface area contributed by atoms with Gasteiger partial charge in [0.2, 0.25) is 0 Å². The average Bonchev–Trinajstić information content (AvgIpc) is 2.81. The highest BCUT2D eigenvalue weighted by molar-refractivity contribution is 5.82. The lowest BCUT2D eigenvalue weighted by Gasteiger charge is -2.21. The molecule has 0 saturated carbocycles. The number of aliphatic hydroxyl groups excluding tert-OH is 2. The lowest BCUT2D eigenvalue weighted by Crippen LogP contribution is -2.21. The Balaban J connectivity index is 1.89. The van der Waals surface area contributed by atoms with Crippen molar-refractivity contribution in [3.8, 4) is 0 Å². The Bertz CT molecular complexity index is 884. The molecule has 3 aromatic carbocycles. The van der Waals surface area contributed by atoms with E-state index in [-0.39, 0.29) is 13.2 Å². The summed E-state index contributed by atoms with van der Waals surface area (Å²) in [5.74, 6) is 0. The molecule has 3 aromatic rings. The van der Waals surface area contributed by atoms with Gasteiger partial charge in [-0.25, -0.2) is 5.01 Å². The van der Waals surface area contributed by atoms with Crippen LogP contribution in [0.2, 0.25) is 0 Å². The first-order chi connectivity index (χ1) is 14.7. The van der Waals surface area contributed by atoms with Gasteiger partial charge in [0, 0.05) is 18.8 Å². The second kappa shape index (κ2) is 10.6. The zero-order valence-corrected chi connectivity index (χ0v) is 17.6. The molecule has 0 bridgehead atoms. The Labute approximate surface area is 178 Å². The molecule has 30 heavy (non-hydrogen) atoms. The van der Waals surface area contributed by atoms with Crippen molar-refractivity contribution in [2.75, 3.05) is 23.0 Å². The summed E-state index contributed by atoms with van der Waals surface area (Å²) in [6.07, 6.45) is 1.84. The Morgan fingerprint density at radius 2 is 1.10 bits per heavy atom. The van der Waals surface area contributed by atoms with Crippen molar-refractivity contribution in [2.24, 2.45) is 5.10 Å². The number of hydrogen-bond donors (Lipinski definition) is 2. The van der Waals surface area contributed by atoms with Gasteiger partial charge in [0.1, 0.15) is 0 Å². The van der Waals surface area contributed by atoms with Gasteiger partial charge in [0.15, 0.2) is 0 Å². The smallest absolute Gasteiger partial charge is 0.0681 e. The largest absolute Gasteiger partial charge is 0.392 e. The molecule has 2 N–H and O–H groups in total. The van der Waals surface area contributed by atoms with E-state index in [0.717, 1.165) is 41.2 Å². The minimum absolute atomic E-state index is 0.00757. The van der Waals surface area contributed by atoms with Gasteiger partial charge in [-0.2, -0.15) is 5.10 Å². The predicted molar refractivity (Wildman–Crippen MR) is 124 cm³/mol. The van der Waals surface area contributed by atoms with Crippen molar-refractivity contribution in [2.45, 2.75) is 27.1 Å². The minimum atomic E-state index is 0.00757. The quantitative estimate of drug-likeness (QED) is 0.402. The fourth-order valence-electron chi connectivity index (χ4n) is 3.25. The molecular weight excluding hydrogens is 374 g/mol. The van der Waals surface area contributed by atoms with Gasteiger partial charge in [-0.15, -0.1) is 0 Å². The van der Waals surface area contributed by atoms with Gasteiger partial charge < -0.3 is 15.1 Å². The van der Waals surface area contributed by atoms with Crippen LogP contribution in [-0.2, 0) is 13.2 Å². The number of hydrazone groups is 1. The number of hydrogen-bond acceptors (Lipinski definition) is 5. The molecule has 0 heterocycles. The molecule has 0 aliphatic rings. The Kier molecular flexibility index (Phi) is 7.60. The maximum Gasteiger partial charge on any atom is 0.0681 e. The summed E-state index contributed by atoms with van der Waals surface area (Å²) in [7, 11) is 0. The third-order valence-corrected chi connectivity index (χ3v) is 5.07. The van der Waals surface area contributed by atoms with Crippen LogP contribution in [-0.4, -0.2) is 29.5 Å². The Hall–Kier alpha value is -3.15. The standard InChI is InChI=1S/C25H29N3O2/c1-3-27(4-2)23-11-5-20(6-12-23)17-26-28(24-13-7-21(18-29)8-14-24)25-15-9-22(19-30)10-16-25/h5-17,29-30H,3-4,18-19H2,1-2H3/b26-17+. The van der Waals surface area contributed by atoms with Crippen LogP contribution in [0.15, 0.2) is 77.9 Å². The summed E-state index contributed by atoms with van der Waals surface area (Å²) < 4.78 is 0. The molecule has 5 nitrogen and oxygen atoms in total. The first-order valence-electron chi connectivity index (χ1n) is 10.3. The van der Waals surface area contributed by atoms with Crippen LogP contribution >= 0.6 is 0 Å². The molecular formula is C25H29N3O2. The van der Waals surface area contributed by atoms with Gasteiger partial charge in [-0.3, -0.25) is 0 Å². The van der Waals surface area contributed by atoms with E-state index in [1.54, 1.807) is 0 Å². The molecule has 0 spiro atoms. The molecule has 5 heteroatoms. The number of benzene rings is 3. The fourth-order valence-corrected chi connectivity index (χ4v) is 3.25. The van der Waals surface area contributed by atoms with Gasteiger partial charge in [-0.05, 0) is 66.9 Å². The van der Waals surface area contributed by atoms with E-state index < -0.39 is 0 Å². The molecule has 3 rings (SSSR count). The van der Waals surface area contributed by atoms with E-state index >= 15 is 0 Å². The van der Waals surface area contributed by atoms with E-state index in [9.17, 15) is 10.2 Å². The number of nitrogens with zero attached hydrogens (tertiary/aromatic N) is 3. The number of anilines is 3. The van der Waals surface area contributed by atoms with E-state index in [2.05, 4.69) is 43.0 Å². The van der Waals surface area contributed by atoms with Crippen molar-refractivity contribution in [3.63, 3.8) is 0 Å². The Morgan fingerprint density at radius 1 is 0.667 bits per heavy atom. The SMILES string of the molecule is CCN(CC)c1ccc(/C=N/N(c2ccc(CO)cc2)c2ccc(CO)cc2)cc1. The summed E-state index contributed by atoms with van der Waals surface area (Å²) in [6.45, 7) is 6.28. The maximum atomic E-state index is 9.32. The van der Waals surface area contributed by atoms with Crippen molar-refractivity contribution in [1.82, 2.24) is 0 Å². The topological polar surface area (TPSA) is 59.3 Å². The number of aliphatic hydroxyl groups is 2. The second-order valence-corrected chi connectivity index (χ2v) is 6.97. The van der Waals surface area contributed by atoms with Crippen LogP contribution in [0.1, 0.15) is 30.5 Å². The molecule has 0 saturated heterocycles. The molecule has 0 fully saturated rings.